The van der Waals surface area contributed by atoms with E-state index in [0.717, 1.165) is 11.1 Å². The van der Waals surface area contributed by atoms with E-state index in [9.17, 15) is 14.4 Å². The first-order chi connectivity index (χ1) is 20.0. The van der Waals surface area contributed by atoms with Crippen molar-refractivity contribution in [1.82, 2.24) is 24.6 Å². The topological polar surface area (TPSA) is 131 Å². The molecule has 0 saturated carbocycles. The molecule has 2 fully saturated rings. The van der Waals surface area contributed by atoms with Gasteiger partial charge in [-0.05, 0) is 57.5 Å². The first-order valence-electron chi connectivity index (χ1n) is 14.0. The van der Waals surface area contributed by atoms with Gasteiger partial charge in [-0.3, -0.25) is 9.59 Å². The number of nitrogens with one attached hydrogen (secondary N) is 2. The van der Waals surface area contributed by atoms with Gasteiger partial charge in [0.25, 0.3) is 11.5 Å². The highest BCUT2D eigenvalue weighted by atomic mass is 16.5. The predicted octanol–water partition coefficient (Wildman–Crippen LogP) is 3.40. The fourth-order valence-corrected chi connectivity index (χ4v) is 4.93. The quantitative estimate of drug-likeness (QED) is 0.457. The monoisotopic (exact) mass is 575 g/mol. The van der Waals surface area contributed by atoms with Gasteiger partial charge in [-0.15, -0.1) is 0 Å². The van der Waals surface area contributed by atoms with E-state index < -0.39 is 0 Å². The number of anilines is 3. The van der Waals surface area contributed by atoms with Gasteiger partial charge in [0.05, 0.1) is 49.3 Å². The van der Waals surface area contributed by atoms with E-state index in [4.69, 9.17) is 9.47 Å². The summed E-state index contributed by atoms with van der Waals surface area (Å²) in [5.41, 5.74) is 2.95. The Morgan fingerprint density at radius 1 is 1.05 bits per heavy atom. The molecule has 2 saturated heterocycles. The molecular weight excluding hydrogens is 538 g/mol. The van der Waals surface area contributed by atoms with E-state index in [-0.39, 0.29) is 34.9 Å². The van der Waals surface area contributed by atoms with Crippen molar-refractivity contribution in [2.45, 2.75) is 39.4 Å². The minimum absolute atomic E-state index is 0.0276. The van der Waals surface area contributed by atoms with Crippen molar-refractivity contribution in [1.29, 1.82) is 0 Å². The van der Waals surface area contributed by atoms with Gasteiger partial charge in [-0.25, -0.2) is 14.5 Å². The summed E-state index contributed by atoms with van der Waals surface area (Å²) in [6.07, 6.45) is 1.53. The molecule has 222 valence electrons. The second-order valence-corrected chi connectivity index (χ2v) is 11.5. The second kappa shape index (κ2) is 11.9. The van der Waals surface area contributed by atoms with Gasteiger partial charge in [-0.1, -0.05) is 12.1 Å². The van der Waals surface area contributed by atoms with E-state index >= 15 is 0 Å². The summed E-state index contributed by atoms with van der Waals surface area (Å²) in [5, 5.41) is 10.5. The fourth-order valence-electron chi connectivity index (χ4n) is 4.93. The molecule has 2 aliphatic rings. The first kappa shape index (κ1) is 29.2. The molecule has 3 aromatic rings. The molecule has 5 rings (SSSR count). The molecule has 0 spiro atoms. The number of likely N-dealkylation sites (tertiary alicyclic amines) is 1. The maximum Gasteiger partial charge on any atom is 0.322 e. The van der Waals surface area contributed by atoms with Crippen LogP contribution < -0.4 is 16.2 Å². The van der Waals surface area contributed by atoms with Crippen LogP contribution in [0.2, 0.25) is 0 Å². The zero-order chi connectivity index (χ0) is 30.0. The minimum atomic E-state index is -0.332. The van der Waals surface area contributed by atoms with Gasteiger partial charge in [0, 0.05) is 37.6 Å². The van der Waals surface area contributed by atoms with Gasteiger partial charge in [0.2, 0.25) is 0 Å². The van der Waals surface area contributed by atoms with Gasteiger partial charge in [0.15, 0.2) is 0 Å². The molecule has 0 atom stereocenters. The standard InChI is InChI=1S/C30H37N7O5/c1-19-22(7-6-8-23(19)33-29(40)37-17-21(18-37)42-30(2,3)4)24-15-25(28(39)35(5)34-24)32-26-10-9-20(16-31-26)27(38)36-11-13-41-14-12-36/h6-10,15-16,21H,11-14,17-18H2,1-5H3,(H,31,32)(H,33,40). The Bertz CT molecular complexity index is 1520. The van der Waals surface area contributed by atoms with Crippen LogP contribution in [0.1, 0.15) is 36.7 Å². The maximum atomic E-state index is 12.9. The maximum absolute atomic E-state index is 12.9. The Hall–Kier alpha value is -4.29. The van der Waals surface area contributed by atoms with Crippen molar-refractivity contribution in [3.8, 4) is 11.3 Å². The van der Waals surface area contributed by atoms with Crippen LogP contribution in [-0.4, -0.2) is 87.6 Å². The van der Waals surface area contributed by atoms with E-state index in [1.165, 1.54) is 10.9 Å². The number of pyridine rings is 1. The lowest BCUT2D eigenvalue weighted by molar-refractivity contribution is -0.110. The summed E-state index contributed by atoms with van der Waals surface area (Å²) in [6, 6.07) is 10.4. The Labute approximate surface area is 244 Å². The van der Waals surface area contributed by atoms with E-state index in [2.05, 4.69) is 20.7 Å². The van der Waals surface area contributed by atoms with Crippen molar-refractivity contribution in [2.75, 3.05) is 50.0 Å². The minimum Gasteiger partial charge on any atom is -0.378 e. The van der Waals surface area contributed by atoms with Crippen molar-refractivity contribution < 1.29 is 19.1 Å². The highest BCUT2D eigenvalue weighted by Crippen LogP contribution is 2.29. The highest BCUT2D eigenvalue weighted by molar-refractivity contribution is 5.94. The number of amides is 3. The second-order valence-electron chi connectivity index (χ2n) is 11.5. The van der Waals surface area contributed by atoms with E-state index in [0.29, 0.717) is 62.2 Å². The Kier molecular flexibility index (Phi) is 8.28. The van der Waals surface area contributed by atoms with Gasteiger partial charge >= 0.3 is 6.03 Å². The molecule has 2 aliphatic heterocycles. The lowest BCUT2D eigenvalue weighted by atomic mass is 10.0. The molecule has 0 bridgehead atoms. The predicted molar refractivity (Wildman–Crippen MR) is 159 cm³/mol. The number of hydrogen-bond acceptors (Lipinski definition) is 8. The van der Waals surface area contributed by atoms with Crippen molar-refractivity contribution in [3.63, 3.8) is 0 Å². The van der Waals surface area contributed by atoms with Crippen LogP contribution in [0.15, 0.2) is 47.4 Å². The number of carbonyl (C=O) groups is 2. The summed E-state index contributed by atoms with van der Waals surface area (Å²) in [7, 11) is 1.58. The van der Waals surface area contributed by atoms with Crippen molar-refractivity contribution >= 4 is 29.1 Å². The van der Waals surface area contributed by atoms with Crippen LogP contribution in [-0.2, 0) is 16.5 Å². The van der Waals surface area contributed by atoms with Crippen molar-refractivity contribution in [2.24, 2.45) is 7.05 Å². The molecule has 3 amide bonds. The average molecular weight is 576 g/mol. The number of carbonyl (C=O) groups excluding carboxylic acids is 2. The number of aromatic nitrogens is 3. The zero-order valence-corrected chi connectivity index (χ0v) is 24.6. The molecule has 2 aromatic heterocycles. The largest absolute Gasteiger partial charge is 0.378 e. The summed E-state index contributed by atoms with van der Waals surface area (Å²) < 4.78 is 12.5. The number of nitrogens with zero attached hydrogens (tertiary/aromatic N) is 5. The first-order valence-corrected chi connectivity index (χ1v) is 14.0. The molecular formula is C30H37N7O5. The van der Waals surface area contributed by atoms with Crippen LogP contribution >= 0.6 is 0 Å². The Morgan fingerprint density at radius 3 is 2.45 bits per heavy atom. The SMILES string of the molecule is Cc1c(NC(=O)N2CC(OC(C)(C)C)C2)cccc1-c1cc(Nc2ccc(C(=O)N3CCOCC3)cn2)c(=O)n(C)n1. The van der Waals surface area contributed by atoms with Crippen LogP contribution in [0.3, 0.4) is 0 Å². The lowest BCUT2D eigenvalue weighted by Gasteiger charge is -2.41. The van der Waals surface area contributed by atoms with Crippen LogP contribution in [0.25, 0.3) is 11.3 Å². The number of rotatable bonds is 6. The molecule has 12 nitrogen and oxygen atoms in total. The van der Waals surface area contributed by atoms with Gasteiger partial charge in [0.1, 0.15) is 11.5 Å². The number of aryl methyl sites for hydroxylation is 1. The highest BCUT2D eigenvalue weighted by Gasteiger charge is 2.34. The molecule has 1 aromatic carbocycles. The molecule has 2 N–H and O–H groups in total. The average Bonchev–Trinajstić information content (AvgIpc) is 2.94. The number of morpholine rings is 1. The fraction of sp³-hybridized carbons (Fsp3) is 0.433. The molecule has 12 heteroatoms. The van der Waals surface area contributed by atoms with E-state index in [1.54, 1.807) is 35.0 Å². The summed E-state index contributed by atoms with van der Waals surface area (Å²) in [4.78, 5) is 46.3. The number of hydrogen-bond donors (Lipinski definition) is 2. The van der Waals surface area contributed by atoms with Gasteiger partial charge < -0.3 is 29.9 Å². The van der Waals surface area contributed by atoms with Crippen LogP contribution in [0.5, 0.6) is 0 Å². The molecule has 0 radical (unpaired) electrons. The molecule has 0 unspecified atom stereocenters. The lowest BCUT2D eigenvalue weighted by Crippen LogP contribution is -2.57. The third kappa shape index (κ3) is 6.60. The number of ether oxygens (including phenoxy) is 2. The van der Waals surface area contributed by atoms with Gasteiger partial charge in [-0.2, -0.15) is 5.10 Å². The van der Waals surface area contributed by atoms with E-state index in [1.807, 2.05) is 45.9 Å². The molecule has 42 heavy (non-hydrogen) atoms. The van der Waals surface area contributed by atoms with Crippen LogP contribution in [0, 0.1) is 6.92 Å². The number of urea groups is 1. The number of benzene rings is 1. The Balaban J connectivity index is 1.30. The molecule has 4 heterocycles. The Morgan fingerprint density at radius 2 is 1.79 bits per heavy atom. The third-order valence-corrected chi connectivity index (χ3v) is 7.14. The normalized spacial score (nSPS) is 15.7. The van der Waals surface area contributed by atoms with Crippen LogP contribution in [0.4, 0.5) is 22.0 Å². The third-order valence-electron chi connectivity index (χ3n) is 7.14. The molecule has 0 aliphatic carbocycles. The zero-order valence-electron chi connectivity index (χ0n) is 24.6. The summed E-state index contributed by atoms with van der Waals surface area (Å²) in [6.45, 7) is 11.1. The summed E-state index contributed by atoms with van der Waals surface area (Å²) >= 11 is 0. The van der Waals surface area contributed by atoms with Crippen molar-refractivity contribution in [3.05, 3.63) is 64.1 Å². The summed E-state index contributed by atoms with van der Waals surface area (Å²) in [5.74, 6) is 0.317. The smallest absolute Gasteiger partial charge is 0.322 e.